The fraction of sp³-hybridized carbons (Fsp3) is 0.583. The van der Waals surface area contributed by atoms with Crippen molar-refractivity contribution >= 4 is 29.1 Å². The number of carboxylic acids is 1. The first-order valence-electron chi connectivity index (χ1n) is 12.0. The second-order valence-electron chi connectivity index (χ2n) is 9.58. The summed E-state index contributed by atoms with van der Waals surface area (Å²) in [7, 11) is 1.54. The molecule has 1 N–H and O–H groups in total. The van der Waals surface area contributed by atoms with Crippen molar-refractivity contribution in [1.82, 2.24) is 15.0 Å². The highest BCUT2D eigenvalue weighted by molar-refractivity contribution is 6.33. The lowest BCUT2D eigenvalue weighted by Gasteiger charge is -2.38. The van der Waals surface area contributed by atoms with E-state index in [0.29, 0.717) is 30.4 Å². The number of carboxylic acid groups (broad SMARTS) is 1. The quantitative estimate of drug-likeness (QED) is 0.547. The number of halogens is 4. The molecule has 9 nitrogen and oxygen atoms in total. The lowest BCUT2D eigenvalue weighted by Crippen LogP contribution is -2.44. The number of methoxy groups -OCH3 is 1. The predicted molar refractivity (Wildman–Crippen MR) is 130 cm³/mol. The number of ether oxygens (including phenoxy) is 2. The molecule has 2 aliphatic rings. The van der Waals surface area contributed by atoms with Gasteiger partial charge in [0.05, 0.1) is 48.7 Å². The van der Waals surface area contributed by atoms with E-state index in [0.717, 1.165) is 5.69 Å². The zero-order chi connectivity index (χ0) is 26.9. The van der Waals surface area contributed by atoms with Crippen LogP contribution in [0.3, 0.4) is 0 Å². The third-order valence-electron chi connectivity index (χ3n) is 7.21. The minimum Gasteiger partial charge on any atom is -0.481 e. The largest absolute Gasteiger partial charge is 0.481 e. The zero-order valence-electron chi connectivity index (χ0n) is 20.7. The molecule has 0 aromatic carbocycles. The van der Waals surface area contributed by atoms with E-state index >= 15 is 0 Å². The molecule has 2 saturated heterocycles. The van der Waals surface area contributed by atoms with Crippen molar-refractivity contribution in [3.63, 3.8) is 0 Å². The van der Waals surface area contributed by atoms with Gasteiger partial charge in [-0.3, -0.25) is 4.79 Å². The smallest absolute Gasteiger partial charge is 0.393 e. The summed E-state index contributed by atoms with van der Waals surface area (Å²) >= 11 is 6.34. The second kappa shape index (κ2) is 10.8. The molecule has 0 unspecified atom stereocenters. The third-order valence-corrected chi connectivity index (χ3v) is 7.50. The van der Waals surface area contributed by atoms with Gasteiger partial charge in [-0.15, -0.1) is 0 Å². The molecule has 2 aromatic heterocycles. The molecule has 37 heavy (non-hydrogen) atoms. The molecule has 2 aliphatic heterocycles. The molecular formula is C24H29ClF3N5O4. The summed E-state index contributed by atoms with van der Waals surface area (Å²) in [6, 6.07) is 0.953. The van der Waals surface area contributed by atoms with Crippen LogP contribution in [0.4, 0.5) is 24.7 Å². The summed E-state index contributed by atoms with van der Waals surface area (Å²) in [5, 5.41) is 9.77. The van der Waals surface area contributed by atoms with Crippen molar-refractivity contribution in [2.24, 2.45) is 17.8 Å². The molecule has 2 aromatic rings. The average Bonchev–Trinajstić information content (AvgIpc) is 3.17. The Labute approximate surface area is 217 Å². The van der Waals surface area contributed by atoms with Crippen LogP contribution in [-0.4, -0.2) is 71.1 Å². The summed E-state index contributed by atoms with van der Waals surface area (Å²) in [4.78, 5) is 27.5. The van der Waals surface area contributed by atoms with Gasteiger partial charge in [0.2, 0.25) is 11.8 Å². The number of aliphatic carboxylic acids is 1. The number of aromatic nitrogens is 3. The van der Waals surface area contributed by atoms with E-state index in [9.17, 15) is 23.1 Å². The molecule has 0 saturated carbocycles. The number of rotatable bonds is 7. The van der Waals surface area contributed by atoms with E-state index in [1.54, 1.807) is 19.4 Å². The van der Waals surface area contributed by atoms with Crippen LogP contribution in [0.5, 0.6) is 11.8 Å². The lowest BCUT2D eigenvalue weighted by molar-refractivity contribution is -0.179. The number of pyridine rings is 1. The maximum Gasteiger partial charge on any atom is 0.393 e. The maximum atomic E-state index is 13.5. The van der Waals surface area contributed by atoms with E-state index in [4.69, 9.17) is 21.1 Å². The predicted octanol–water partition coefficient (Wildman–Crippen LogP) is 4.31. The number of nitrogens with zero attached hydrogens (tertiary/aromatic N) is 5. The highest BCUT2D eigenvalue weighted by Gasteiger charge is 2.53. The van der Waals surface area contributed by atoms with Crippen LogP contribution in [0.15, 0.2) is 24.7 Å². The van der Waals surface area contributed by atoms with Crippen molar-refractivity contribution in [2.75, 3.05) is 36.5 Å². The van der Waals surface area contributed by atoms with Gasteiger partial charge in [-0.05, 0) is 5.92 Å². The van der Waals surface area contributed by atoms with Crippen LogP contribution in [0.2, 0.25) is 5.02 Å². The fourth-order valence-electron chi connectivity index (χ4n) is 5.16. The van der Waals surface area contributed by atoms with Gasteiger partial charge in [0.1, 0.15) is 11.9 Å². The van der Waals surface area contributed by atoms with Gasteiger partial charge in [-0.1, -0.05) is 25.4 Å². The van der Waals surface area contributed by atoms with Crippen LogP contribution in [0.25, 0.3) is 0 Å². The lowest BCUT2D eigenvalue weighted by atomic mass is 9.90. The van der Waals surface area contributed by atoms with Gasteiger partial charge in [0.15, 0.2) is 0 Å². The van der Waals surface area contributed by atoms with Crippen molar-refractivity contribution in [3.05, 3.63) is 29.7 Å². The summed E-state index contributed by atoms with van der Waals surface area (Å²) in [5.41, 5.74) is 0.830. The molecule has 0 bridgehead atoms. The Kier molecular flexibility index (Phi) is 7.86. The molecule has 0 aliphatic carbocycles. The summed E-state index contributed by atoms with van der Waals surface area (Å²) in [6.45, 7) is 4.46. The van der Waals surface area contributed by atoms with Crippen molar-refractivity contribution in [3.8, 4) is 11.8 Å². The molecule has 2 fully saturated rings. The second-order valence-corrected chi connectivity index (χ2v) is 9.99. The van der Waals surface area contributed by atoms with Gasteiger partial charge >= 0.3 is 12.1 Å². The molecule has 0 spiro atoms. The molecule has 0 amide bonds. The van der Waals surface area contributed by atoms with Gasteiger partial charge in [0, 0.05) is 44.1 Å². The highest BCUT2D eigenvalue weighted by Crippen LogP contribution is 2.43. The molecule has 5 atom stereocenters. The number of hydrogen-bond acceptors (Lipinski definition) is 8. The van der Waals surface area contributed by atoms with Crippen molar-refractivity contribution in [1.29, 1.82) is 0 Å². The summed E-state index contributed by atoms with van der Waals surface area (Å²) < 4.78 is 51.8. The van der Waals surface area contributed by atoms with Gasteiger partial charge < -0.3 is 24.4 Å². The molecule has 0 radical (unpaired) electrons. The summed E-state index contributed by atoms with van der Waals surface area (Å²) in [5.74, 6) is -2.67. The minimum atomic E-state index is -4.43. The minimum absolute atomic E-state index is 0.109. The fourth-order valence-corrected chi connectivity index (χ4v) is 5.38. The van der Waals surface area contributed by atoms with E-state index < -0.39 is 36.4 Å². The number of carbonyl (C=O) groups is 1. The van der Waals surface area contributed by atoms with Crippen LogP contribution >= 0.6 is 11.6 Å². The Hall–Kier alpha value is -3.02. The number of alkyl halides is 3. The Morgan fingerprint density at radius 3 is 2.49 bits per heavy atom. The molecule has 4 heterocycles. The standard InChI is InChI=1S/C24H29ClF3N5O4/c1-13-11-32(18-6-21(36-3)30-8-16(18)25)5-4-19(13)37-22-10-29-20(9-31-22)33-12-15(24(26,27)28)14(2)17(33)7-23(34)35/h6,8-10,13-15,17,19H,4-5,7,11-12H2,1-3H3,(H,34,35)/t13-,14-,15+,17+,19-/m1/s1. The third kappa shape index (κ3) is 5.94. The SMILES string of the molecule is COc1cc(N2CC[C@@H](Oc3cnc(N4C[C@H](C(F)(F)F)[C@@H](C)[C@@H]4CC(=O)O)cn3)[C@H](C)C2)c(Cl)cn1. The van der Waals surface area contributed by atoms with Gasteiger partial charge in [-0.2, -0.15) is 13.2 Å². The molecule has 202 valence electrons. The van der Waals surface area contributed by atoms with Gasteiger partial charge in [0.25, 0.3) is 0 Å². The first-order chi connectivity index (χ1) is 17.5. The summed E-state index contributed by atoms with van der Waals surface area (Å²) in [6.07, 6.45) is -0.0432. The number of hydrogen-bond donors (Lipinski definition) is 1. The van der Waals surface area contributed by atoms with Crippen molar-refractivity contribution in [2.45, 2.75) is 45.0 Å². The molecule has 13 heteroatoms. The number of piperidine rings is 1. The van der Waals surface area contributed by atoms with E-state index in [1.807, 2.05) is 6.92 Å². The Bertz CT molecular complexity index is 1110. The maximum absolute atomic E-state index is 13.5. The van der Waals surface area contributed by atoms with Gasteiger partial charge in [-0.25, -0.2) is 15.0 Å². The van der Waals surface area contributed by atoms with E-state index in [2.05, 4.69) is 19.9 Å². The van der Waals surface area contributed by atoms with Crippen LogP contribution in [-0.2, 0) is 4.79 Å². The van der Waals surface area contributed by atoms with Crippen LogP contribution < -0.4 is 19.3 Å². The van der Waals surface area contributed by atoms with Crippen LogP contribution in [0.1, 0.15) is 26.7 Å². The molecule has 4 rings (SSSR count). The first kappa shape index (κ1) is 27.0. The monoisotopic (exact) mass is 543 g/mol. The average molecular weight is 544 g/mol. The van der Waals surface area contributed by atoms with E-state index in [-0.39, 0.29) is 30.3 Å². The highest BCUT2D eigenvalue weighted by atomic mass is 35.5. The normalized spacial score (nSPS) is 26.3. The topological polar surface area (TPSA) is 101 Å². The van der Waals surface area contributed by atoms with E-state index in [1.165, 1.54) is 24.2 Å². The Morgan fingerprint density at radius 1 is 1.16 bits per heavy atom. The Morgan fingerprint density at radius 2 is 1.89 bits per heavy atom. The van der Waals surface area contributed by atoms with Crippen LogP contribution in [0, 0.1) is 17.8 Å². The van der Waals surface area contributed by atoms with Crippen molar-refractivity contribution < 1.29 is 32.5 Å². The number of anilines is 2. The molecular weight excluding hydrogens is 515 g/mol. The zero-order valence-corrected chi connectivity index (χ0v) is 21.4. The Balaban J connectivity index is 1.42. The first-order valence-corrected chi connectivity index (χ1v) is 12.3.